The fraction of sp³-hybridized carbons (Fsp3) is 0.542. The molecule has 1 unspecified atom stereocenters. The Balaban J connectivity index is 1.90. The number of rotatable bonds is 10. The van der Waals surface area contributed by atoms with Gasteiger partial charge in [0.15, 0.2) is 0 Å². The second kappa shape index (κ2) is 14.1. The SMILES string of the molecule is CCCCOC(=O)/N=C(\N)c1ccc(C(=O)NC(CC)C(=O)N2CCC(OOC(C)=O)CC2)cc1. The van der Waals surface area contributed by atoms with Crippen LogP contribution in [-0.4, -0.2) is 66.5 Å². The molecule has 3 amide bonds. The largest absolute Gasteiger partial charge is 0.448 e. The molecule has 0 radical (unpaired) electrons. The van der Waals surface area contributed by atoms with Crippen LogP contribution < -0.4 is 11.1 Å². The fourth-order valence-electron chi connectivity index (χ4n) is 3.40. The minimum absolute atomic E-state index is 0.0128. The molecule has 192 valence electrons. The molecule has 1 aliphatic heterocycles. The number of hydrogen-bond donors (Lipinski definition) is 2. The first-order chi connectivity index (χ1) is 16.7. The molecular formula is C24H34N4O7. The Labute approximate surface area is 204 Å². The van der Waals surface area contributed by atoms with Crippen molar-refractivity contribution in [1.82, 2.24) is 10.2 Å². The summed E-state index contributed by atoms with van der Waals surface area (Å²) in [6.45, 7) is 6.21. The van der Waals surface area contributed by atoms with E-state index in [1.54, 1.807) is 29.2 Å². The Hall–Kier alpha value is -3.47. The van der Waals surface area contributed by atoms with Gasteiger partial charge in [0, 0.05) is 31.1 Å². The molecule has 0 spiro atoms. The fourth-order valence-corrected chi connectivity index (χ4v) is 3.40. The lowest BCUT2D eigenvalue weighted by Crippen LogP contribution is -2.51. The van der Waals surface area contributed by atoms with E-state index in [-0.39, 0.29) is 24.5 Å². The number of nitrogens with zero attached hydrogens (tertiary/aromatic N) is 2. The van der Waals surface area contributed by atoms with Crippen molar-refractivity contribution in [3.8, 4) is 0 Å². The number of nitrogens with two attached hydrogens (primary N) is 1. The number of ether oxygens (including phenoxy) is 1. The predicted octanol–water partition coefficient (Wildman–Crippen LogP) is 2.32. The number of nitrogens with one attached hydrogen (secondary N) is 1. The molecule has 1 aromatic rings. The number of hydrogen-bond acceptors (Lipinski definition) is 7. The molecule has 1 aromatic carbocycles. The summed E-state index contributed by atoms with van der Waals surface area (Å²) in [5, 5.41) is 2.77. The number of likely N-dealkylation sites (tertiary alicyclic amines) is 1. The molecule has 1 fully saturated rings. The van der Waals surface area contributed by atoms with Gasteiger partial charge in [-0.05, 0) is 37.8 Å². The molecule has 35 heavy (non-hydrogen) atoms. The predicted molar refractivity (Wildman–Crippen MR) is 127 cm³/mol. The smallest absolute Gasteiger partial charge is 0.435 e. The number of aliphatic imine (C=N–C) groups is 1. The number of amides is 3. The summed E-state index contributed by atoms with van der Waals surface area (Å²) in [7, 11) is 0. The highest BCUT2D eigenvalue weighted by molar-refractivity contribution is 6.04. The molecule has 0 bridgehead atoms. The van der Waals surface area contributed by atoms with Crippen molar-refractivity contribution in [2.45, 2.75) is 65.0 Å². The quantitative estimate of drug-likeness (QED) is 0.167. The number of amidine groups is 1. The molecule has 1 saturated heterocycles. The van der Waals surface area contributed by atoms with Crippen LogP contribution in [-0.2, 0) is 24.1 Å². The molecule has 3 N–H and O–H groups in total. The maximum Gasteiger partial charge on any atom is 0.435 e. The highest BCUT2D eigenvalue weighted by Gasteiger charge is 2.29. The molecule has 1 atom stereocenters. The van der Waals surface area contributed by atoms with Gasteiger partial charge in [-0.15, -0.1) is 0 Å². The number of benzene rings is 1. The van der Waals surface area contributed by atoms with E-state index >= 15 is 0 Å². The van der Waals surface area contributed by atoms with E-state index in [9.17, 15) is 19.2 Å². The van der Waals surface area contributed by atoms with E-state index in [0.717, 1.165) is 12.8 Å². The lowest BCUT2D eigenvalue weighted by atomic mass is 10.1. The molecule has 11 nitrogen and oxygen atoms in total. The van der Waals surface area contributed by atoms with E-state index in [1.165, 1.54) is 6.92 Å². The van der Waals surface area contributed by atoms with Crippen LogP contribution in [0.1, 0.15) is 68.8 Å². The van der Waals surface area contributed by atoms with Gasteiger partial charge in [-0.2, -0.15) is 9.88 Å². The number of unbranched alkanes of at least 4 members (excludes halogenated alkanes) is 1. The molecule has 0 aliphatic carbocycles. The molecule has 2 rings (SSSR count). The average Bonchev–Trinajstić information content (AvgIpc) is 2.86. The van der Waals surface area contributed by atoms with Gasteiger partial charge < -0.3 is 20.7 Å². The van der Waals surface area contributed by atoms with Gasteiger partial charge in [0.2, 0.25) is 5.91 Å². The standard InChI is InChI=1S/C24H34N4O7/c1-4-6-15-33-24(32)27-21(25)17-7-9-18(10-8-17)22(30)26-20(5-2)23(31)28-13-11-19(12-14-28)35-34-16(3)29/h7-10,19-20H,4-6,11-15H2,1-3H3,(H,26,30)(H2,25,27,32). The molecule has 0 saturated carbocycles. The highest BCUT2D eigenvalue weighted by Crippen LogP contribution is 2.16. The lowest BCUT2D eigenvalue weighted by molar-refractivity contribution is -0.301. The van der Waals surface area contributed by atoms with Crippen LogP contribution in [0.15, 0.2) is 29.3 Å². The third-order valence-corrected chi connectivity index (χ3v) is 5.44. The van der Waals surface area contributed by atoms with Gasteiger partial charge in [-0.3, -0.25) is 14.5 Å². The van der Waals surface area contributed by atoms with E-state index in [0.29, 0.717) is 43.5 Å². The minimum atomic E-state index is -0.760. The first-order valence-corrected chi connectivity index (χ1v) is 11.8. The maximum absolute atomic E-state index is 12.9. The van der Waals surface area contributed by atoms with E-state index in [4.69, 9.17) is 15.4 Å². The third kappa shape index (κ3) is 9.01. The van der Waals surface area contributed by atoms with Crippen molar-refractivity contribution in [3.63, 3.8) is 0 Å². The zero-order valence-electron chi connectivity index (χ0n) is 20.5. The van der Waals surface area contributed by atoms with Crippen LogP contribution in [0.3, 0.4) is 0 Å². The van der Waals surface area contributed by atoms with Crippen LogP contribution in [0.25, 0.3) is 0 Å². The van der Waals surface area contributed by atoms with Crippen molar-refractivity contribution in [2.75, 3.05) is 19.7 Å². The first kappa shape index (κ1) is 27.8. The Morgan fingerprint density at radius 2 is 1.74 bits per heavy atom. The number of carbonyl (C=O) groups is 4. The second-order valence-electron chi connectivity index (χ2n) is 8.17. The van der Waals surface area contributed by atoms with Crippen LogP contribution in [0.2, 0.25) is 0 Å². The Morgan fingerprint density at radius 3 is 2.31 bits per heavy atom. The van der Waals surface area contributed by atoms with E-state index in [2.05, 4.69) is 15.2 Å². The van der Waals surface area contributed by atoms with Crippen molar-refractivity contribution in [3.05, 3.63) is 35.4 Å². The second-order valence-corrected chi connectivity index (χ2v) is 8.17. The van der Waals surface area contributed by atoms with Crippen LogP contribution in [0, 0.1) is 0 Å². The Bertz CT molecular complexity index is 909. The zero-order valence-corrected chi connectivity index (χ0v) is 20.5. The number of piperidine rings is 1. The summed E-state index contributed by atoms with van der Waals surface area (Å²) in [6.07, 6.45) is 2.10. The van der Waals surface area contributed by atoms with E-state index < -0.39 is 24.0 Å². The van der Waals surface area contributed by atoms with Crippen molar-refractivity contribution in [1.29, 1.82) is 0 Å². The first-order valence-electron chi connectivity index (χ1n) is 11.8. The van der Waals surface area contributed by atoms with Gasteiger partial charge in [-0.25, -0.2) is 9.59 Å². The summed E-state index contributed by atoms with van der Waals surface area (Å²) in [5.41, 5.74) is 6.67. The highest BCUT2D eigenvalue weighted by atomic mass is 17.2. The van der Waals surface area contributed by atoms with Crippen LogP contribution >= 0.6 is 0 Å². The van der Waals surface area contributed by atoms with Gasteiger partial charge in [-0.1, -0.05) is 32.4 Å². The van der Waals surface area contributed by atoms with Crippen LogP contribution in [0.5, 0.6) is 0 Å². The summed E-state index contributed by atoms with van der Waals surface area (Å²) >= 11 is 0. The van der Waals surface area contributed by atoms with Crippen molar-refractivity contribution in [2.24, 2.45) is 10.7 Å². The van der Waals surface area contributed by atoms with Gasteiger partial charge >= 0.3 is 12.1 Å². The van der Waals surface area contributed by atoms with Gasteiger partial charge in [0.1, 0.15) is 18.0 Å². The van der Waals surface area contributed by atoms with Crippen LogP contribution in [0.4, 0.5) is 4.79 Å². The molecule has 1 aliphatic rings. The summed E-state index contributed by atoms with van der Waals surface area (Å²) < 4.78 is 4.96. The normalized spacial score (nSPS) is 15.3. The Morgan fingerprint density at radius 1 is 1.11 bits per heavy atom. The molecule has 11 heteroatoms. The minimum Gasteiger partial charge on any atom is -0.448 e. The number of carbonyl (C=O) groups excluding carboxylic acids is 4. The summed E-state index contributed by atoms with van der Waals surface area (Å²) in [6, 6.07) is 5.56. The van der Waals surface area contributed by atoms with Crippen molar-refractivity contribution < 1.29 is 33.7 Å². The lowest BCUT2D eigenvalue weighted by Gasteiger charge is -2.33. The average molecular weight is 491 g/mol. The van der Waals surface area contributed by atoms with Gasteiger partial charge in [0.25, 0.3) is 5.91 Å². The third-order valence-electron chi connectivity index (χ3n) is 5.44. The molecule has 0 aromatic heterocycles. The Kier molecular flexibility index (Phi) is 11.1. The topological polar surface area (TPSA) is 150 Å². The maximum atomic E-state index is 12.9. The van der Waals surface area contributed by atoms with Crippen molar-refractivity contribution >= 4 is 29.7 Å². The van der Waals surface area contributed by atoms with E-state index in [1.807, 2.05) is 13.8 Å². The summed E-state index contributed by atoms with van der Waals surface area (Å²) in [4.78, 5) is 63.2. The monoisotopic (exact) mass is 490 g/mol. The molecular weight excluding hydrogens is 456 g/mol. The summed E-state index contributed by atoms with van der Waals surface area (Å²) in [5.74, 6) is -1.12. The molecule has 1 heterocycles. The van der Waals surface area contributed by atoms with Gasteiger partial charge in [0.05, 0.1) is 6.61 Å². The zero-order chi connectivity index (χ0) is 25.8.